The summed E-state index contributed by atoms with van der Waals surface area (Å²) < 4.78 is 27.4. The van der Waals surface area contributed by atoms with Crippen LogP contribution in [0, 0.1) is 5.92 Å². The van der Waals surface area contributed by atoms with Crippen LogP contribution in [0.1, 0.15) is 18.4 Å². The zero-order valence-corrected chi connectivity index (χ0v) is 12.7. The summed E-state index contributed by atoms with van der Waals surface area (Å²) in [5.41, 5.74) is 6.26. The number of piperidine rings is 1. The van der Waals surface area contributed by atoms with Crippen molar-refractivity contribution in [3.63, 3.8) is 0 Å². The van der Waals surface area contributed by atoms with Gasteiger partial charge in [-0.1, -0.05) is 18.2 Å². The summed E-state index contributed by atoms with van der Waals surface area (Å²) >= 11 is 0. The summed E-state index contributed by atoms with van der Waals surface area (Å²) in [7, 11) is -1.39. The summed E-state index contributed by atoms with van der Waals surface area (Å²) in [6.45, 7) is 2.76. The van der Waals surface area contributed by atoms with Crippen LogP contribution in [0.3, 0.4) is 0 Å². The molecule has 0 aromatic heterocycles. The van der Waals surface area contributed by atoms with E-state index in [0.717, 1.165) is 25.9 Å². The number of nitrogens with one attached hydrogen (secondary N) is 1. The molecule has 0 radical (unpaired) electrons. The van der Waals surface area contributed by atoms with Gasteiger partial charge in [-0.15, -0.1) is 0 Å². The maximum Gasteiger partial charge on any atom is 0.240 e. The molecule has 0 aliphatic carbocycles. The number of likely N-dealkylation sites (tertiary alicyclic amines) is 1. The van der Waals surface area contributed by atoms with Crippen molar-refractivity contribution in [2.24, 2.45) is 11.7 Å². The molecule has 5 nitrogen and oxygen atoms in total. The van der Waals surface area contributed by atoms with Crippen molar-refractivity contribution in [2.45, 2.75) is 24.3 Å². The molecule has 1 aromatic carbocycles. The van der Waals surface area contributed by atoms with Crippen molar-refractivity contribution in [2.75, 3.05) is 26.7 Å². The Morgan fingerprint density at radius 1 is 1.40 bits per heavy atom. The molecule has 1 unspecified atom stereocenters. The molecular weight excluding hydrogens is 274 g/mol. The van der Waals surface area contributed by atoms with Crippen molar-refractivity contribution >= 4 is 10.0 Å². The van der Waals surface area contributed by atoms with E-state index in [1.54, 1.807) is 24.3 Å². The first-order valence-electron chi connectivity index (χ1n) is 6.99. The van der Waals surface area contributed by atoms with Crippen molar-refractivity contribution < 1.29 is 8.42 Å². The van der Waals surface area contributed by atoms with Crippen LogP contribution in [0.2, 0.25) is 0 Å². The smallest absolute Gasteiger partial charge is 0.240 e. The van der Waals surface area contributed by atoms with Crippen molar-refractivity contribution in [1.82, 2.24) is 9.62 Å². The van der Waals surface area contributed by atoms with Gasteiger partial charge in [-0.2, -0.15) is 0 Å². The Kier molecular flexibility index (Phi) is 5.15. The minimum atomic E-state index is -3.47. The summed E-state index contributed by atoms with van der Waals surface area (Å²) in [4.78, 5) is 2.54. The molecule has 1 aromatic rings. The molecule has 0 spiro atoms. The lowest BCUT2D eigenvalue weighted by atomic mass is 9.99. The lowest BCUT2D eigenvalue weighted by Gasteiger charge is -2.29. The first kappa shape index (κ1) is 15.4. The Morgan fingerprint density at radius 2 is 2.15 bits per heavy atom. The van der Waals surface area contributed by atoms with Crippen LogP contribution in [0.4, 0.5) is 0 Å². The normalized spacial score (nSPS) is 21.0. The molecule has 1 saturated heterocycles. The maximum absolute atomic E-state index is 12.4. The molecule has 2 rings (SSSR count). The quantitative estimate of drug-likeness (QED) is 0.841. The minimum absolute atomic E-state index is 0.225. The lowest BCUT2D eigenvalue weighted by Crippen LogP contribution is -2.39. The largest absolute Gasteiger partial charge is 0.326 e. The first-order chi connectivity index (χ1) is 9.53. The Bertz CT molecular complexity index is 545. The molecule has 20 heavy (non-hydrogen) atoms. The molecule has 1 aliphatic rings. The van der Waals surface area contributed by atoms with E-state index in [4.69, 9.17) is 5.73 Å². The number of nitrogens with zero attached hydrogens (tertiary/aromatic N) is 1. The van der Waals surface area contributed by atoms with E-state index in [0.29, 0.717) is 22.9 Å². The third-order valence-corrected chi connectivity index (χ3v) is 5.29. The molecule has 1 heterocycles. The van der Waals surface area contributed by atoms with Gasteiger partial charge in [-0.25, -0.2) is 13.1 Å². The highest BCUT2D eigenvalue weighted by atomic mass is 32.2. The molecule has 0 bridgehead atoms. The molecule has 1 atom stereocenters. The molecule has 0 saturated carbocycles. The predicted octanol–water partition coefficient (Wildman–Crippen LogP) is 0.765. The van der Waals surface area contributed by atoms with Gasteiger partial charge in [0.05, 0.1) is 4.90 Å². The molecule has 1 fully saturated rings. The number of rotatable bonds is 5. The Morgan fingerprint density at radius 3 is 2.85 bits per heavy atom. The maximum atomic E-state index is 12.4. The minimum Gasteiger partial charge on any atom is -0.326 e. The van der Waals surface area contributed by atoms with Crippen LogP contribution in [-0.2, 0) is 16.6 Å². The van der Waals surface area contributed by atoms with Crippen LogP contribution in [0.25, 0.3) is 0 Å². The van der Waals surface area contributed by atoms with E-state index in [9.17, 15) is 8.42 Å². The summed E-state index contributed by atoms with van der Waals surface area (Å²) in [6, 6.07) is 6.89. The van der Waals surface area contributed by atoms with Gasteiger partial charge in [0.15, 0.2) is 0 Å². The lowest BCUT2D eigenvalue weighted by molar-refractivity contribution is 0.211. The number of hydrogen-bond donors (Lipinski definition) is 2. The third-order valence-electron chi connectivity index (χ3n) is 3.77. The third kappa shape index (κ3) is 3.79. The second-order valence-corrected chi connectivity index (χ2v) is 7.17. The van der Waals surface area contributed by atoms with Gasteiger partial charge in [0, 0.05) is 19.6 Å². The van der Waals surface area contributed by atoms with Crippen LogP contribution in [0.5, 0.6) is 0 Å². The topological polar surface area (TPSA) is 75.4 Å². The van der Waals surface area contributed by atoms with Gasteiger partial charge in [0.25, 0.3) is 0 Å². The van der Waals surface area contributed by atoms with Crippen LogP contribution < -0.4 is 10.5 Å². The molecular formula is C14H23N3O2S. The van der Waals surface area contributed by atoms with E-state index in [1.807, 2.05) is 0 Å². The van der Waals surface area contributed by atoms with Crippen molar-refractivity contribution in [3.05, 3.63) is 29.8 Å². The van der Waals surface area contributed by atoms with Gasteiger partial charge in [-0.05, 0) is 44.0 Å². The van der Waals surface area contributed by atoms with Gasteiger partial charge >= 0.3 is 0 Å². The second kappa shape index (κ2) is 6.67. The zero-order valence-electron chi connectivity index (χ0n) is 11.9. The van der Waals surface area contributed by atoms with E-state index in [1.165, 1.54) is 0 Å². The average Bonchev–Trinajstić information content (AvgIpc) is 2.45. The highest BCUT2D eigenvalue weighted by Crippen LogP contribution is 2.17. The van der Waals surface area contributed by atoms with Crippen LogP contribution in [0.15, 0.2) is 29.2 Å². The SMILES string of the molecule is CN1CCCC(CNS(=O)(=O)c2ccccc2CN)C1. The summed E-state index contributed by atoms with van der Waals surface area (Å²) in [6.07, 6.45) is 2.20. The van der Waals surface area contributed by atoms with Crippen molar-refractivity contribution in [1.29, 1.82) is 0 Å². The second-order valence-electron chi connectivity index (χ2n) is 5.43. The van der Waals surface area contributed by atoms with Gasteiger partial charge in [-0.3, -0.25) is 0 Å². The number of hydrogen-bond acceptors (Lipinski definition) is 4. The molecule has 112 valence electrons. The van der Waals surface area contributed by atoms with Crippen LogP contribution in [-0.4, -0.2) is 40.0 Å². The average molecular weight is 297 g/mol. The van der Waals surface area contributed by atoms with Crippen molar-refractivity contribution in [3.8, 4) is 0 Å². The highest BCUT2D eigenvalue weighted by Gasteiger charge is 2.22. The Balaban J connectivity index is 2.04. The Hall–Kier alpha value is -0.950. The fourth-order valence-corrected chi connectivity index (χ4v) is 4.04. The monoisotopic (exact) mass is 297 g/mol. The van der Waals surface area contributed by atoms with E-state index in [2.05, 4.69) is 16.7 Å². The fraction of sp³-hybridized carbons (Fsp3) is 0.571. The number of benzene rings is 1. The standard InChI is InChI=1S/C14H23N3O2S/c1-17-8-4-5-12(11-17)10-16-20(18,19)14-7-3-2-6-13(14)9-15/h2-3,6-7,12,16H,4-5,8-11,15H2,1H3. The number of nitrogens with two attached hydrogens (primary N) is 1. The molecule has 0 amide bonds. The van der Waals surface area contributed by atoms with E-state index < -0.39 is 10.0 Å². The van der Waals surface area contributed by atoms with Gasteiger partial charge in [0.1, 0.15) is 0 Å². The zero-order chi connectivity index (χ0) is 14.6. The van der Waals surface area contributed by atoms with Gasteiger partial charge in [0.2, 0.25) is 10.0 Å². The first-order valence-corrected chi connectivity index (χ1v) is 8.47. The molecule has 3 N–H and O–H groups in total. The van der Waals surface area contributed by atoms with E-state index in [-0.39, 0.29) is 6.54 Å². The summed E-state index contributed by atoms with van der Waals surface area (Å²) in [5, 5.41) is 0. The summed E-state index contributed by atoms with van der Waals surface area (Å²) in [5.74, 6) is 0.383. The van der Waals surface area contributed by atoms with Gasteiger partial charge < -0.3 is 10.6 Å². The molecule has 1 aliphatic heterocycles. The fourth-order valence-electron chi connectivity index (χ4n) is 2.68. The van der Waals surface area contributed by atoms with E-state index >= 15 is 0 Å². The highest BCUT2D eigenvalue weighted by molar-refractivity contribution is 7.89. The Labute approximate surface area is 121 Å². The van der Waals surface area contributed by atoms with Crippen LogP contribution >= 0.6 is 0 Å². The predicted molar refractivity (Wildman–Crippen MR) is 79.7 cm³/mol. The molecule has 6 heteroatoms. The number of sulfonamides is 1.